The molecular weight excluding hydrogens is 267 g/mol. The molecular formula is C17H27FN2O. The zero-order chi connectivity index (χ0) is 15.4. The molecule has 1 fully saturated rings. The van der Waals surface area contributed by atoms with Gasteiger partial charge in [0.05, 0.1) is 7.11 Å². The van der Waals surface area contributed by atoms with Crippen LogP contribution in [0.2, 0.25) is 0 Å². The predicted molar refractivity (Wildman–Crippen MR) is 84.2 cm³/mol. The molecule has 1 aliphatic rings. The van der Waals surface area contributed by atoms with Gasteiger partial charge in [-0.2, -0.15) is 0 Å². The quantitative estimate of drug-likeness (QED) is 0.870. The smallest absolute Gasteiger partial charge is 0.131 e. The SMILES string of the molecule is COc1cccc(F)c1C(C)N(CC1CCCN1)C(C)C. The number of nitrogens with one attached hydrogen (secondary N) is 1. The molecule has 21 heavy (non-hydrogen) atoms. The first-order valence-electron chi connectivity index (χ1n) is 7.86. The van der Waals surface area contributed by atoms with Crippen molar-refractivity contribution in [1.82, 2.24) is 10.2 Å². The van der Waals surface area contributed by atoms with Gasteiger partial charge in [-0.25, -0.2) is 4.39 Å². The maximum atomic E-state index is 14.3. The van der Waals surface area contributed by atoms with Crippen molar-refractivity contribution in [1.29, 1.82) is 0 Å². The summed E-state index contributed by atoms with van der Waals surface area (Å²) in [5, 5.41) is 3.52. The summed E-state index contributed by atoms with van der Waals surface area (Å²) in [5.41, 5.74) is 0.659. The number of hydrogen-bond donors (Lipinski definition) is 1. The van der Waals surface area contributed by atoms with Gasteiger partial charge >= 0.3 is 0 Å². The molecule has 0 saturated carbocycles. The molecule has 4 heteroatoms. The van der Waals surface area contributed by atoms with E-state index in [-0.39, 0.29) is 11.9 Å². The summed E-state index contributed by atoms with van der Waals surface area (Å²) in [7, 11) is 1.60. The molecule has 0 bridgehead atoms. The lowest BCUT2D eigenvalue weighted by Gasteiger charge is -2.35. The lowest BCUT2D eigenvalue weighted by atomic mass is 10.0. The topological polar surface area (TPSA) is 24.5 Å². The van der Waals surface area contributed by atoms with Gasteiger partial charge in [-0.1, -0.05) is 6.07 Å². The standard InChI is InChI=1S/C17H27FN2O/c1-12(2)20(11-14-7-6-10-19-14)13(3)17-15(18)8-5-9-16(17)21-4/h5,8-9,12-14,19H,6-7,10-11H2,1-4H3. The van der Waals surface area contributed by atoms with E-state index < -0.39 is 0 Å². The summed E-state index contributed by atoms with van der Waals surface area (Å²) in [5.74, 6) is 0.444. The first kappa shape index (κ1) is 16.2. The minimum Gasteiger partial charge on any atom is -0.496 e. The van der Waals surface area contributed by atoms with E-state index in [2.05, 4.69) is 31.0 Å². The van der Waals surface area contributed by atoms with Crippen LogP contribution in [0.15, 0.2) is 18.2 Å². The fourth-order valence-electron chi connectivity index (χ4n) is 3.25. The number of hydrogen-bond acceptors (Lipinski definition) is 3. The third-order valence-electron chi connectivity index (χ3n) is 4.40. The first-order valence-corrected chi connectivity index (χ1v) is 7.86. The van der Waals surface area contributed by atoms with Gasteiger partial charge in [-0.05, 0) is 52.3 Å². The normalized spacial score (nSPS) is 20.2. The summed E-state index contributed by atoms with van der Waals surface area (Å²) in [6, 6.07) is 5.90. The molecule has 0 radical (unpaired) electrons. The molecule has 2 unspecified atom stereocenters. The van der Waals surface area contributed by atoms with Crippen LogP contribution in [0.1, 0.15) is 45.2 Å². The summed E-state index contributed by atoms with van der Waals surface area (Å²) >= 11 is 0. The Morgan fingerprint density at radius 3 is 2.71 bits per heavy atom. The summed E-state index contributed by atoms with van der Waals surface area (Å²) < 4.78 is 19.7. The van der Waals surface area contributed by atoms with E-state index in [1.807, 2.05) is 6.07 Å². The zero-order valence-corrected chi connectivity index (χ0v) is 13.5. The third kappa shape index (κ3) is 3.74. The van der Waals surface area contributed by atoms with Crippen LogP contribution in [0.3, 0.4) is 0 Å². The molecule has 1 aliphatic heterocycles. The van der Waals surface area contributed by atoms with E-state index in [1.54, 1.807) is 13.2 Å². The first-order chi connectivity index (χ1) is 10.0. The second-order valence-corrected chi connectivity index (χ2v) is 6.12. The average Bonchev–Trinajstić information content (AvgIpc) is 2.96. The highest BCUT2D eigenvalue weighted by atomic mass is 19.1. The van der Waals surface area contributed by atoms with Gasteiger partial charge in [0.2, 0.25) is 0 Å². The fourth-order valence-corrected chi connectivity index (χ4v) is 3.25. The molecule has 1 N–H and O–H groups in total. The van der Waals surface area contributed by atoms with Crippen LogP contribution in [-0.2, 0) is 0 Å². The molecule has 0 spiro atoms. The summed E-state index contributed by atoms with van der Waals surface area (Å²) in [6.45, 7) is 8.43. The van der Waals surface area contributed by atoms with Gasteiger partial charge in [-0.15, -0.1) is 0 Å². The zero-order valence-electron chi connectivity index (χ0n) is 13.5. The van der Waals surface area contributed by atoms with Crippen molar-refractivity contribution >= 4 is 0 Å². The van der Waals surface area contributed by atoms with Crippen molar-refractivity contribution in [2.75, 3.05) is 20.2 Å². The van der Waals surface area contributed by atoms with Crippen LogP contribution < -0.4 is 10.1 Å². The van der Waals surface area contributed by atoms with E-state index in [9.17, 15) is 4.39 Å². The van der Waals surface area contributed by atoms with Crippen molar-refractivity contribution in [3.63, 3.8) is 0 Å². The number of benzene rings is 1. The molecule has 0 aliphatic carbocycles. The van der Waals surface area contributed by atoms with Crippen molar-refractivity contribution in [3.05, 3.63) is 29.6 Å². The Kier molecular flexibility index (Phi) is 5.59. The number of halogens is 1. The molecule has 118 valence electrons. The minimum absolute atomic E-state index is 0.0106. The summed E-state index contributed by atoms with van der Waals surface area (Å²) in [4.78, 5) is 2.35. The molecule has 1 aromatic rings. The van der Waals surface area contributed by atoms with Crippen LogP contribution in [0.5, 0.6) is 5.75 Å². The van der Waals surface area contributed by atoms with Gasteiger partial charge in [0.15, 0.2) is 0 Å². The monoisotopic (exact) mass is 294 g/mol. The Balaban J connectivity index is 2.23. The highest BCUT2D eigenvalue weighted by Gasteiger charge is 2.27. The molecule has 0 aromatic heterocycles. The molecule has 1 saturated heterocycles. The third-order valence-corrected chi connectivity index (χ3v) is 4.40. The highest BCUT2D eigenvalue weighted by molar-refractivity contribution is 5.37. The van der Waals surface area contributed by atoms with Crippen LogP contribution >= 0.6 is 0 Å². The number of ether oxygens (including phenoxy) is 1. The lowest BCUT2D eigenvalue weighted by Crippen LogP contribution is -2.42. The predicted octanol–water partition coefficient (Wildman–Crippen LogP) is 3.36. The Morgan fingerprint density at radius 1 is 1.38 bits per heavy atom. The molecule has 1 heterocycles. The molecule has 3 nitrogen and oxygen atoms in total. The van der Waals surface area contributed by atoms with E-state index in [0.717, 1.165) is 13.1 Å². The van der Waals surface area contributed by atoms with Crippen molar-refractivity contribution in [2.24, 2.45) is 0 Å². The Labute approximate surface area is 127 Å². The fraction of sp³-hybridized carbons (Fsp3) is 0.647. The second kappa shape index (κ2) is 7.23. The largest absolute Gasteiger partial charge is 0.496 e. The van der Waals surface area contributed by atoms with E-state index in [4.69, 9.17) is 4.74 Å². The maximum Gasteiger partial charge on any atom is 0.131 e. The van der Waals surface area contributed by atoms with Gasteiger partial charge in [0, 0.05) is 30.2 Å². The van der Waals surface area contributed by atoms with E-state index in [1.165, 1.54) is 18.9 Å². The van der Waals surface area contributed by atoms with Crippen LogP contribution in [-0.4, -0.2) is 37.2 Å². The van der Waals surface area contributed by atoms with Crippen molar-refractivity contribution < 1.29 is 9.13 Å². The van der Waals surface area contributed by atoms with E-state index >= 15 is 0 Å². The Bertz CT molecular complexity index is 458. The molecule has 2 rings (SSSR count). The second-order valence-electron chi connectivity index (χ2n) is 6.12. The number of methoxy groups -OCH3 is 1. The molecule has 1 aromatic carbocycles. The van der Waals surface area contributed by atoms with Gasteiger partial charge in [0.25, 0.3) is 0 Å². The molecule has 2 atom stereocenters. The Hall–Kier alpha value is -1.13. The van der Waals surface area contributed by atoms with Gasteiger partial charge in [0.1, 0.15) is 11.6 Å². The van der Waals surface area contributed by atoms with Crippen molar-refractivity contribution in [3.8, 4) is 5.75 Å². The van der Waals surface area contributed by atoms with Gasteiger partial charge < -0.3 is 10.1 Å². The average molecular weight is 294 g/mol. The number of nitrogens with zero attached hydrogens (tertiary/aromatic N) is 1. The van der Waals surface area contributed by atoms with Crippen LogP contribution in [0.4, 0.5) is 4.39 Å². The lowest BCUT2D eigenvalue weighted by molar-refractivity contribution is 0.144. The Morgan fingerprint density at radius 2 is 2.14 bits per heavy atom. The van der Waals surface area contributed by atoms with E-state index in [0.29, 0.717) is 23.4 Å². The maximum absolute atomic E-state index is 14.3. The van der Waals surface area contributed by atoms with Crippen LogP contribution in [0.25, 0.3) is 0 Å². The molecule has 0 amide bonds. The highest BCUT2D eigenvalue weighted by Crippen LogP contribution is 2.33. The minimum atomic E-state index is -0.188. The van der Waals surface area contributed by atoms with Crippen LogP contribution in [0, 0.1) is 5.82 Å². The number of rotatable bonds is 6. The van der Waals surface area contributed by atoms with Gasteiger partial charge in [-0.3, -0.25) is 4.90 Å². The van der Waals surface area contributed by atoms with Crippen molar-refractivity contribution in [2.45, 2.75) is 51.7 Å². The summed E-state index contributed by atoms with van der Waals surface area (Å²) in [6.07, 6.45) is 2.43.